The second-order valence-corrected chi connectivity index (χ2v) is 4.63. The molecule has 0 saturated heterocycles. The number of aromatic amines is 1. The molecule has 6 nitrogen and oxygen atoms in total. The third-order valence-electron chi connectivity index (χ3n) is 2.35. The molecule has 2 heterocycles. The summed E-state index contributed by atoms with van der Waals surface area (Å²) in [5, 5.41) is 6.92. The topological polar surface area (TPSA) is 80.6 Å². The van der Waals surface area contributed by atoms with Crippen LogP contribution in [0.25, 0.3) is 0 Å². The molecule has 0 bridgehead atoms. The average molecular weight is 264 g/mol. The van der Waals surface area contributed by atoms with E-state index in [1.165, 1.54) is 23.3 Å². The van der Waals surface area contributed by atoms with E-state index in [1.54, 1.807) is 18.3 Å². The lowest BCUT2D eigenvalue weighted by atomic mass is 10.3. The lowest BCUT2D eigenvalue weighted by molar-refractivity contribution is 0.101. The molecule has 0 radical (unpaired) electrons. The van der Waals surface area contributed by atoms with Crippen LogP contribution in [0, 0.1) is 0 Å². The first-order valence-electron chi connectivity index (χ1n) is 5.42. The minimum absolute atomic E-state index is 0.0724. The fourth-order valence-corrected chi connectivity index (χ4v) is 2.28. The van der Waals surface area contributed by atoms with Gasteiger partial charge in [0.25, 0.3) is 0 Å². The Labute approximate surface area is 107 Å². The molecule has 0 aliphatic carbocycles. The van der Waals surface area contributed by atoms with E-state index in [2.05, 4.69) is 15.2 Å². The highest BCUT2D eigenvalue weighted by Gasteiger charge is 2.09. The summed E-state index contributed by atoms with van der Waals surface area (Å²) in [6.45, 7) is 3.90. The predicted octanol–water partition coefficient (Wildman–Crippen LogP) is 1.34. The fraction of sp³-hybridized carbons (Fsp3) is 0.273. The minimum Gasteiger partial charge on any atom is -0.293 e. The van der Waals surface area contributed by atoms with Gasteiger partial charge in [-0.25, -0.2) is 9.89 Å². The number of nitrogens with one attached hydrogen (secondary N) is 1. The SMILES string of the molecule is CCn1c(Sc2ccc(C(C)=O)nc2)n[nH]c1=O. The maximum absolute atomic E-state index is 11.4. The van der Waals surface area contributed by atoms with Crippen LogP contribution in [0.2, 0.25) is 0 Å². The van der Waals surface area contributed by atoms with E-state index in [-0.39, 0.29) is 11.5 Å². The van der Waals surface area contributed by atoms with Gasteiger partial charge >= 0.3 is 5.69 Å². The zero-order chi connectivity index (χ0) is 13.1. The Morgan fingerprint density at radius 3 is 2.83 bits per heavy atom. The number of carbonyl (C=O) groups is 1. The van der Waals surface area contributed by atoms with Crippen molar-refractivity contribution in [1.29, 1.82) is 0 Å². The standard InChI is InChI=1S/C11H12N4O2S/c1-3-15-10(17)13-14-11(15)18-8-4-5-9(7(2)16)12-6-8/h4-6H,3H2,1-2H3,(H,13,17). The molecule has 18 heavy (non-hydrogen) atoms. The van der Waals surface area contributed by atoms with Crippen molar-refractivity contribution in [2.75, 3.05) is 0 Å². The summed E-state index contributed by atoms with van der Waals surface area (Å²) in [5.74, 6) is -0.0724. The molecule has 7 heteroatoms. The molecule has 1 N–H and O–H groups in total. The number of Topliss-reactive ketones (excluding diaryl/α,β-unsaturated/α-hetero) is 1. The molecule has 94 valence electrons. The van der Waals surface area contributed by atoms with Crippen LogP contribution in [0.1, 0.15) is 24.3 Å². The van der Waals surface area contributed by atoms with Gasteiger partial charge in [0.2, 0.25) is 0 Å². The number of nitrogens with zero attached hydrogens (tertiary/aromatic N) is 3. The normalized spacial score (nSPS) is 10.6. The maximum atomic E-state index is 11.4. The van der Waals surface area contributed by atoms with Crippen molar-refractivity contribution in [1.82, 2.24) is 19.7 Å². The molecule has 0 fully saturated rings. The van der Waals surface area contributed by atoms with Gasteiger partial charge in [0.05, 0.1) is 0 Å². The van der Waals surface area contributed by atoms with E-state index in [4.69, 9.17) is 0 Å². The average Bonchev–Trinajstić information content (AvgIpc) is 2.70. The fourth-order valence-electron chi connectivity index (χ4n) is 1.41. The van der Waals surface area contributed by atoms with E-state index in [0.29, 0.717) is 17.4 Å². The molecule has 0 spiro atoms. The van der Waals surface area contributed by atoms with E-state index < -0.39 is 0 Å². The van der Waals surface area contributed by atoms with Gasteiger partial charge in [-0.15, -0.1) is 5.10 Å². The lowest BCUT2D eigenvalue weighted by Gasteiger charge is -2.02. The van der Waals surface area contributed by atoms with Gasteiger partial charge in [0, 0.05) is 24.6 Å². The van der Waals surface area contributed by atoms with Gasteiger partial charge in [-0.1, -0.05) is 0 Å². The zero-order valence-corrected chi connectivity index (χ0v) is 10.8. The van der Waals surface area contributed by atoms with Gasteiger partial charge in [0.1, 0.15) is 5.69 Å². The molecule has 2 aromatic heterocycles. The van der Waals surface area contributed by atoms with Crippen LogP contribution in [0.15, 0.2) is 33.2 Å². The van der Waals surface area contributed by atoms with Crippen molar-refractivity contribution >= 4 is 17.5 Å². The van der Waals surface area contributed by atoms with Crippen LogP contribution < -0.4 is 5.69 Å². The summed E-state index contributed by atoms with van der Waals surface area (Å²) in [4.78, 5) is 27.3. The largest absolute Gasteiger partial charge is 0.343 e. The van der Waals surface area contributed by atoms with Gasteiger partial charge < -0.3 is 0 Å². The van der Waals surface area contributed by atoms with E-state index in [0.717, 1.165) is 4.90 Å². The van der Waals surface area contributed by atoms with Crippen molar-refractivity contribution in [3.8, 4) is 0 Å². The number of aromatic nitrogens is 4. The van der Waals surface area contributed by atoms with E-state index in [1.807, 2.05) is 6.92 Å². The number of hydrogen-bond donors (Lipinski definition) is 1. The van der Waals surface area contributed by atoms with Crippen LogP contribution >= 0.6 is 11.8 Å². The number of pyridine rings is 1. The molecule has 0 saturated carbocycles. The molecule has 0 unspecified atom stereocenters. The number of carbonyl (C=O) groups excluding carboxylic acids is 1. The summed E-state index contributed by atoms with van der Waals surface area (Å²) < 4.78 is 1.53. The first kappa shape index (κ1) is 12.6. The minimum atomic E-state index is -0.228. The van der Waals surface area contributed by atoms with Gasteiger partial charge in [0.15, 0.2) is 10.9 Å². The van der Waals surface area contributed by atoms with Crippen LogP contribution in [0.5, 0.6) is 0 Å². The first-order chi connectivity index (χ1) is 8.61. The molecule has 2 aromatic rings. The molecule has 0 aromatic carbocycles. The van der Waals surface area contributed by atoms with Crippen molar-refractivity contribution in [2.24, 2.45) is 0 Å². The predicted molar refractivity (Wildman–Crippen MR) is 66.9 cm³/mol. The van der Waals surface area contributed by atoms with Gasteiger partial charge in [-0.05, 0) is 30.8 Å². The van der Waals surface area contributed by atoms with Crippen LogP contribution in [-0.2, 0) is 6.54 Å². The summed E-state index contributed by atoms with van der Waals surface area (Å²) in [6, 6.07) is 3.44. The number of H-pyrrole nitrogens is 1. The Morgan fingerprint density at radius 2 is 2.28 bits per heavy atom. The molecular formula is C11H12N4O2S. The summed E-state index contributed by atoms with van der Waals surface area (Å²) in [6.07, 6.45) is 1.60. The Kier molecular flexibility index (Phi) is 3.61. The second kappa shape index (κ2) is 5.18. The van der Waals surface area contributed by atoms with E-state index in [9.17, 15) is 9.59 Å². The number of ketones is 1. The van der Waals surface area contributed by atoms with Crippen molar-refractivity contribution in [3.63, 3.8) is 0 Å². The summed E-state index contributed by atoms with van der Waals surface area (Å²) >= 11 is 1.33. The highest BCUT2D eigenvalue weighted by Crippen LogP contribution is 2.24. The Balaban J connectivity index is 2.23. The van der Waals surface area contributed by atoms with Crippen molar-refractivity contribution in [2.45, 2.75) is 30.4 Å². The smallest absolute Gasteiger partial charge is 0.293 e. The maximum Gasteiger partial charge on any atom is 0.343 e. The van der Waals surface area contributed by atoms with Gasteiger partial charge in [-0.3, -0.25) is 14.3 Å². The highest BCUT2D eigenvalue weighted by atomic mass is 32.2. The third-order valence-corrected chi connectivity index (χ3v) is 3.32. The lowest BCUT2D eigenvalue weighted by Crippen LogP contribution is -2.15. The van der Waals surface area contributed by atoms with Crippen molar-refractivity contribution < 1.29 is 4.79 Å². The van der Waals surface area contributed by atoms with Crippen LogP contribution in [0.4, 0.5) is 0 Å². The number of rotatable bonds is 4. The summed E-state index contributed by atoms with van der Waals surface area (Å²) in [7, 11) is 0. The molecular weight excluding hydrogens is 252 g/mol. The van der Waals surface area contributed by atoms with Gasteiger partial charge in [-0.2, -0.15) is 0 Å². The quantitative estimate of drug-likeness (QED) is 0.843. The first-order valence-corrected chi connectivity index (χ1v) is 6.23. The molecule has 2 rings (SSSR count). The van der Waals surface area contributed by atoms with E-state index >= 15 is 0 Å². The Hall–Kier alpha value is -1.89. The Morgan fingerprint density at radius 1 is 1.50 bits per heavy atom. The second-order valence-electron chi connectivity index (χ2n) is 3.59. The summed E-state index contributed by atoms with van der Waals surface area (Å²) in [5.41, 5.74) is 0.197. The monoisotopic (exact) mass is 264 g/mol. The van der Waals surface area contributed by atoms with Crippen molar-refractivity contribution in [3.05, 3.63) is 34.5 Å². The van der Waals surface area contributed by atoms with Crippen LogP contribution in [0.3, 0.4) is 0 Å². The zero-order valence-electron chi connectivity index (χ0n) is 10.0. The molecule has 0 aliphatic rings. The Bertz CT molecular complexity index is 615. The molecule has 0 atom stereocenters. The molecule has 0 amide bonds. The number of hydrogen-bond acceptors (Lipinski definition) is 5. The highest BCUT2D eigenvalue weighted by molar-refractivity contribution is 7.99. The third kappa shape index (κ3) is 2.51. The van der Waals surface area contributed by atoms with Crippen LogP contribution in [-0.4, -0.2) is 25.5 Å². The molecule has 0 aliphatic heterocycles.